The maximum atomic E-state index is 13.1. The number of anilines is 1. The number of aromatic nitrogens is 1. The van der Waals surface area contributed by atoms with Crippen LogP contribution in [0.25, 0.3) is 0 Å². The lowest BCUT2D eigenvalue weighted by molar-refractivity contribution is 0.200. The molecule has 0 N–H and O–H groups in total. The third kappa shape index (κ3) is 3.35. The summed E-state index contributed by atoms with van der Waals surface area (Å²) in [6.07, 6.45) is 2.34. The van der Waals surface area contributed by atoms with Crippen molar-refractivity contribution in [2.24, 2.45) is 0 Å². The zero-order valence-electron chi connectivity index (χ0n) is 16.0. The van der Waals surface area contributed by atoms with Crippen molar-refractivity contribution in [1.82, 2.24) is 9.88 Å². The Balaban J connectivity index is 1.42. The van der Waals surface area contributed by atoms with Gasteiger partial charge in [0.05, 0.1) is 11.4 Å². The van der Waals surface area contributed by atoms with E-state index >= 15 is 0 Å². The highest BCUT2D eigenvalue weighted by molar-refractivity contribution is 5.60. The Morgan fingerprint density at radius 2 is 1.77 bits per heavy atom. The molecule has 0 radical (unpaired) electrons. The van der Waals surface area contributed by atoms with Gasteiger partial charge >= 0.3 is 0 Å². The molecule has 1 aromatic carbocycles. The molecule has 3 heterocycles. The number of halogens is 1. The standard InChI is InChI=1S/C22H28FN3/c1-16-4-9-20-21(24-16)22(2,3)15-26(20)19-10-12-25(13-11-19)14-17-5-7-18(23)8-6-17/h4-9,19H,10-15H2,1-3H3. The third-order valence-corrected chi connectivity index (χ3v) is 5.85. The van der Waals surface area contributed by atoms with Gasteiger partial charge in [0.1, 0.15) is 5.82 Å². The monoisotopic (exact) mass is 353 g/mol. The number of likely N-dealkylation sites (tertiary alicyclic amines) is 1. The van der Waals surface area contributed by atoms with Gasteiger partial charge in [0.2, 0.25) is 0 Å². The summed E-state index contributed by atoms with van der Waals surface area (Å²) in [5.74, 6) is -0.161. The van der Waals surface area contributed by atoms with Gasteiger partial charge in [0, 0.05) is 43.3 Å². The first-order chi connectivity index (χ1) is 12.4. The van der Waals surface area contributed by atoms with Crippen LogP contribution in [0.15, 0.2) is 36.4 Å². The van der Waals surface area contributed by atoms with E-state index in [1.807, 2.05) is 12.1 Å². The summed E-state index contributed by atoms with van der Waals surface area (Å²) in [5, 5.41) is 0. The van der Waals surface area contributed by atoms with Crippen LogP contribution in [0.3, 0.4) is 0 Å². The van der Waals surface area contributed by atoms with Crippen LogP contribution in [0.1, 0.15) is 43.6 Å². The summed E-state index contributed by atoms with van der Waals surface area (Å²) < 4.78 is 13.1. The van der Waals surface area contributed by atoms with E-state index in [9.17, 15) is 4.39 Å². The number of rotatable bonds is 3. The zero-order valence-corrected chi connectivity index (χ0v) is 16.0. The molecule has 0 unspecified atom stereocenters. The highest BCUT2D eigenvalue weighted by atomic mass is 19.1. The Morgan fingerprint density at radius 1 is 1.08 bits per heavy atom. The van der Waals surface area contributed by atoms with Crippen molar-refractivity contribution >= 4 is 5.69 Å². The van der Waals surface area contributed by atoms with E-state index in [0.717, 1.165) is 31.9 Å². The van der Waals surface area contributed by atoms with Crippen molar-refractivity contribution < 1.29 is 4.39 Å². The number of piperidine rings is 1. The Labute approximate surface area is 155 Å². The molecular weight excluding hydrogens is 325 g/mol. The number of pyridine rings is 1. The molecule has 0 aliphatic carbocycles. The summed E-state index contributed by atoms with van der Waals surface area (Å²) in [5.41, 5.74) is 5.00. The molecule has 1 saturated heterocycles. The lowest BCUT2D eigenvalue weighted by atomic mass is 9.91. The molecule has 0 amide bonds. The van der Waals surface area contributed by atoms with E-state index in [0.29, 0.717) is 6.04 Å². The average molecular weight is 353 g/mol. The number of fused-ring (bicyclic) bond motifs is 1. The molecule has 2 aromatic rings. The molecule has 1 aromatic heterocycles. The summed E-state index contributed by atoms with van der Waals surface area (Å²) in [6, 6.07) is 11.9. The Bertz CT molecular complexity index is 776. The van der Waals surface area contributed by atoms with Gasteiger partial charge in [-0.25, -0.2) is 4.39 Å². The van der Waals surface area contributed by atoms with Gasteiger partial charge in [-0.15, -0.1) is 0 Å². The molecule has 2 aliphatic rings. The topological polar surface area (TPSA) is 19.4 Å². The minimum Gasteiger partial charge on any atom is -0.366 e. The van der Waals surface area contributed by atoms with Crippen molar-refractivity contribution in [3.8, 4) is 0 Å². The van der Waals surface area contributed by atoms with Crippen LogP contribution in [0, 0.1) is 12.7 Å². The fourth-order valence-electron chi connectivity index (χ4n) is 4.43. The second-order valence-electron chi connectivity index (χ2n) is 8.47. The van der Waals surface area contributed by atoms with Gasteiger partial charge in [-0.05, 0) is 49.6 Å². The molecule has 2 aliphatic heterocycles. The SMILES string of the molecule is Cc1ccc2c(n1)C(C)(C)CN2C1CCN(Cc2ccc(F)cc2)CC1. The largest absolute Gasteiger partial charge is 0.366 e. The number of hydrogen-bond donors (Lipinski definition) is 0. The molecule has 0 saturated carbocycles. The first-order valence-corrected chi connectivity index (χ1v) is 9.64. The summed E-state index contributed by atoms with van der Waals surface area (Å²) in [7, 11) is 0. The van der Waals surface area contributed by atoms with Crippen molar-refractivity contribution in [1.29, 1.82) is 0 Å². The van der Waals surface area contributed by atoms with E-state index in [2.05, 4.69) is 42.7 Å². The van der Waals surface area contributed by atoms with Crippen molar-refractivity contribution in [3.63, 3.8) is 0 Å². The smallest absolute Gasteiger partial charge is 0.123 e. The Morgan fingerprint density at radius 3 is 2.46 bits per heavy atom. The first kappa shape index (κ1) is 17.5. The fourth-order valence-corrected chi connectivity index (χ4v) is 4.43. The second-order valence-corrected chi connectivity index (χ2v) is 8.47. The van der Waals surface area contributed by atoms with E-state index in [1.54, 1.807) is 12.1 Å². The molecule has 0 spiro atoms. The van der Waals surface area contributed by atoms with Gasteiger partial charge in [-0.1, -0.05) is 26.0 Å². The average Bonchev–Trinajstić information content (AvgIpc) is 2.88. The van der Waals surface area contributed by atoms with Crippen LogP contribution in [-0.4, -0.2) is 35.6 Å². The lowest BCUT2D eigenvalue weighted by Crippen LogP contribution is -2.45. The molecule has 3 nitrogen and oxygen atoms in total. The maximum Gasteiger partial charge on any atom is 0.123 e. The molecule has 0 bridgehead atoms. The van der Waals surface area contributed by atoms with Crippen molar-refractivity contribution in [3.05, 3.63) is 59.2 Å². The Kier molecular flexibility index (Phi) is 4.47. The highest BCUT2D eigenvalue weighted by Crippen LogP contribution is 2.41. The van der Waals surface area contributed by atoms with Crippen LogP contribution in [0.2, 0.25) is 0 Å². The highest BCUT2D eigenvalue weighted by Gasteiger charge is 2.40. The van der Waals surface area contributed by atoms with Crippen molar-refractivity contribution in [2.75, 3.05) is 24.5 Å². The third-order valence-electron chi connectivity index (χ3n) is 5.85. The van der Waals surface area contributed by atoms with Gasteiger partial charge in [-0.3, -0.25) is 9.88 Å². The summed E-state index contributed by atoms with van der Waals surface area (Å²) in [6.45, 7) is 10.8. The van der Waals surface area contributed by atoms with Gasteiger partial charge in [0.15, 0.2) is 0 Å². The normalized spacial score (nSPS) is 20.4. The maximum absolute atomic E-state index is 13.1. The van der Waals surface area contributed by atoms with E-state index in [-0.39, 0.29) is 11.2 Å². The predicted octanol–water partition coefficient (Wildman–Crippen LogP) is 4.29. The lowest BCUT2D eigenvalue weighted by Gasteiger charge is -2.38. The number of hydrogen-bond acceptors (Lipinski definition) is 3. The molecule has 4 heteroatoms. The fraction of sp³-hybridized carbons (Fsp3) is 0.500. The minimum absolute atomic E-state index is 0.118. The van der Waals surface area contributed by atoms with E-state index in [1.165, 1.54) is 29.8 Å². The van der Waals surface area contributed by atoms with Crippen LogP contribution in [-0.2, 0) is 12.0 Å². The summed E-state index contributed by atoms with van der Waals surface area (Å²) in [4.78, 5) is 9.93. The van der Waals surface area contributed by atoms with Gasteiger partial charge in [0.25, 0.3) is 0 Å². The predicted molar refractivity (Wildman–Crippen MR) is 104 cm³/mol. The minimum atomic E-state index is -0.161. The van der Waals surface area contributed by atoms with Crippen LogP contribution >= 0.6 is 0 Å². The second kappa shape index (κ2) is 6.66. The molecule has 26 heavy (non-hydrogen) atoms. The molecule has 1 fully saturated rings. The van der Waals surface area contributed by atoms with Gasteiger partial charge in [-0.2, -0.15) is 0 Å². The first-order valence-electron chi connectivity index (χ1n) is 9.64. The molecule has 0 atom stereocenters. The quantitative estimate of drug-likeness (QED) is 0.820. The van der Waals surface area contributed by atoms with Gasteiger partial charge < -0.3 is 4.90 Å². The van der Waals surface area contributed by atoms with E-state index < -0.39 is 0 Å². The van der Waals surface area contributed by atoms with Crippen LogP contribution in [0.5, 0.6) is 0 Å². The Hall–Kier alpha value is -1.94. The molecule has 138 valence electrons. The van der Waals surface area contributed by atoms with Crippen molar-refractivity contribution in [2.45, 2.75) is 51.6 Å². The number of benzene rings is 1. The zero-order chi connectivity index (χ0) is 18.3. The van der Waals surface area contributed by atoms with E-state index in [4.69, 9.17) is 4.98 Å². The number of aryl methyl sites for hydroxylation is 1. The summed E-state index contributed by atoms with van der Waals surface area (Å²) >= 11 is 0. The molecular formula is C22H28FN3. The van der Waals surface area contributed by atoms with Crippen LogP contribution in [0.4, 0.5) is 10.1 Å². The van der Waals surface area contributed by atoms with Crippen LogP contribution < -0.4 is 4.90 Å². The molecule has 4 rings (SSSR count). The number of nitrogens with zero attached hydrogens (tertiary/aromatic N) is 3.